The molecule has 0 saturated carbocycles. The Hall–Kier alpha value is -0.0551. The second kappa shape index (κ2) is 3.76. The molecule has 0 atom stereocenters. The minimum Gasteiger partial charge on any atom is -0.403 e. The summed E-state index contributed by atoms with van der Waals surface area (Å²) in [6.07, 6.45) is 2.33. The fraction of sp³-hybridized carbons (Fsp3) is 1.00. The number of nitrogens with one attached hydrogen (secondary N) is 1. The highest BCUT2D eigenvalue weighted by atomic mass is 16.7. The summed E-state index contributed by atoms with van der Waals surface area (Å²) in [7, 11) is -0.00269. The van der Waals surface area contributed by atoms with Gasteiger partial charge >= 0.3 is 7.12 Å². The van der Waals surface area contributed by atoms with E-state index in [4.69, 9.17) is 9.31 Å². The van der Waals surface area contributed by atoms with Crippen LogP contribution in [0.3, 0.4) is 0 Å². The Labute approximate surface area is 93.0 Å². The van der Waals surface area contributed by atoms with Crippen molar-refractivity contribution in [3.63, 3.8) is 0 Å². The molecule has 2 aliphatic heterocycles. The fourth-order valence-electron chi connectivity index (χ4n) is 2.20. The molecule has 86 valence electrons. The normalized spacial score (nSPS) is 30.8. The van der Waals surface area contributed by atoms with Crippen molar-refractivity contribution in [1.82, 2.24) is 5.32 Å². The summed E-state index contributed by atoms with van der Waals surface area (Å²) in [4.78, 5) is 0. The fourth-order valence-corrected chi connectivity index (χ4v) is 2.20. The Kier molecular flexibility index (Phi) is 2.86. The molecule has 3 nitrogen and oxygen atoms in total. The maximum Gasteiger partial charge on any atom is 0.461 e. The van der Waals surface area contributed by atoms with Crippen molar-refractivity contribution in [2.45, 2.75) is 57.6 Å². The molecule has 2 fully saturated rings. The standard InChI is InChI=1S/C11H22BNO2/c1-10(2)11(3,4)15-12(14-10)9-5-7-13-8-6-9/h9,13H,5-8H2,1-4H3. The lowest BCUT2D eigenvalue weighted by Gasteiger charge is -2.32. The summed E-state index contributed by atoms with van der Waals surface area (Å²) < 4.78 is 12.1. The molecule has 2 heterocycles. The minimum absolute atomic E-state index is 0.00269. The first-order chi connectivity index (χ1) is 6.92. The van der Waals surface area contributed by atoms with Crippen LogP contribution in [0.4, 0.5) is 0 Å². The summed E-state index contributed by atoms with van der Waals surface area (Å²) in [5.41, 5.74) is -0.356. The number of hydrogen-bond acceptors (Lipinski definition) is 3. The molecule has 0 spiro atoms. The van der Waals surface area contributed by atoms with Crippen LogP contribution in [0, 0.1) is 0 Å². The van der Waals surface area contributed by atoms with Crippen molar-refractivity contribution >= 4 is 7.12 Å². The van der Waals surface area contributed by atoms with Crippen LogP contribution in [0.1, 0.15) is 40.5 Å². The third-order valence-corrected chi connectivity index (χ3v) is 4.04. The van der Waals surface area contributed by atoms with Crippen LogP contribution < -0.4 is 5.32 Å². The van der Waals surface area contributed by atoms with Gasteiger partial charge in [0.15, 0.2) is 0 Å². The van der Waals surface area contributed by atoms with Gasteiger partial charge in [-0.15, -0.1) is 0 Å². The molecule has 0 aromatic carbocycles. The van der Waals surface area contributed by atoms with Crippen LogP contribution >= 0.6 is 0 Å². The second-order valence-electron chi connectivity index (χ2n) is 5.71. The van der Waals surface area contributed by atoms with Crippen molar-refractivity contribution < 1.29 is 9.31 Å². The zero-order chi connectivity index (χ0) is 11.1. The van der Waals surface area contributed by atoms with Crippen molar-refractivity contribution in [3.05, 3.63) is 0 Å². The summed E-state index contributed by atoms with van der Waals surface area (Å²) in [6.45, 7) is 10.7. The average Bonchev–Trinajstić information content (AvgIpc) is 2.38. The van der Waals surface area contributed by atoms with Gasteiger partial charge in [0, 0.05) is 0 Å². The van der Waals surface area contributed by atoms with Gasteiger partial charge in [-0.05, 0) is 59.4 Å². The molecule has 2 rings (SSSR count). The molecule has 0 unspecified atom stereocenters. The maximum absolute atomic E-state index is 6.05. The lowest BCUT2D eigenvalue weighted by atomic mass is 9.67. The van der Waals surface area contributed by atoms with Crippen LogP contribution in [0.2, 0.25) is 5.82 Å². The minimum atomic E-state index is -0.178. The van der Waals surface area contributed by atoms with Crippen molar-refractivity contribution in [1.29, 1.82) is 0 Å². The van der Waals surface area contributed by atoms with Gasteiger partial charge in [0.1, 0.15) is 0 Å². The molecule has 0 radical (unpaired) electrons. The van der Waals surface area contributed by atoms with E-state index in [0.29, 0.717) is 5.82 Å². The predicted octanol–water partition coefficient (Wildman–Crippen LogP) is 1.83. The predicted molar refractivity (Wildman–Crippen MR) is 61.9 cm³/mol. The molecule has 0 bridgehead atoms. The molecular weight excluding hydrogens is 189 g/mol. The number of hydrogen-bond donors (Lipinski definition) is 1. The Bertz CT molecular complexity index is 221. The number of piperidine rings is 1. The topological polar surface area (TPSA) is 30.5 Å². The van der Waals surface area contributed by atoms with Gasteiger partial charge in [0.25, 0.3) is 0 Å². The largest absolute Gasteiger partial charge is 0.461 e. The third kappa shape index (κ3) is 2.08. The van der Waals surface area contributed by atoms with Gasteiger partial charge in [0.05, 0.1) is 11.2 Å². The monoisotopic (exact) mass is 211 g/mol. The first-order valence-corrected chi connectivity index (χ1v) is 5.99. The van der Waals surface area contributed by atoms with E-state index < -0.39 is 0 Å². The molecule has 2 aliphatic rings. The van der Waals surface area contributed by atoms with Gasteiger partial charge in [-0.3, -0.25) is 0 Å². The van der Waals surface area contributed by atoms with Gasteiger partial charge in [-0.25, -0.2) is 0 Å². The van der Waals surface area contributed by atoms with E-state index >= 15 is 0 Å². The average molecular weight is 211 g/mol. The van der Waals surface area contributed by atoms with Crippen molar-refractivity contribution in [2.75, 3.05) is 13.1 Å². The van der Waals surface area contributed by atoms with Crippen molar-refractivity contribution in [2.24, 2.45) is 0 Å². The Morgan fingerprint density at radius 2 is 1.47 bits per heavy atom. The first kappa shape index (κ1) is 11.4. The van der Waals surface area contributed by atoms with E-state index in [1.165, 1.54) is 0 Å². The highest BCUT2D eigenvalue weighted by Crippen LogP contribution is 2.41. The Balaban J connectivity index is 2.02. The highest BCUT2D eigenvalue weighted by molar-refractivity contribution is 6.47. The molecule has 0 amide bonds. The molecule has 0 aromatic rings. The SMILES string of the molecule is CC1(C)OB(C2CCNCC2)OC1(C)C. The lowest BCUT2D eigenvalue weighted by Crippen LogP contribution is -2.41. The Morgan fingerprint density at radius 1 is 1.00 bits per heavy atom. The molecule has 4 heteroatoms. The smallest absolute Gasteiger partial charge is 0.403 e. The van der Waals surface area contributed by atoms with Gasteiger partial charge in [-0.1, -0.05) is 0 Å². The van der Waals surface area contributed by atoms with Gasteiger partial charge < -0.3 is 14.6 Å². The molecule has 0 aromatic heterocycles. The van der Waals surface area contributed by atoms with Crippen LogP contribution in [-0.2, 0) is 9.31 Å². The summed E-state index contributed by atoms with van der Waals surface area (Å²) in [5, 5.41) is 3.37. The third-order valence-electron chi connectivity index (χ3n) is 4.04. The lowest BCUT2D eigenvalue weighted by molar-refractivity contribution is 0.00578. The Morgan fingerprint density at radius 3 is 1.93 bits per heavy atom. The van der Waals surface area contributed by atoms with Crippen LogP contribution in [0.5, 0.6) is 0 Å². The summed E-state index contributed by atoms with van der Waals surface area (Å²) in [5.74, 6) is 0.562. The quantitative estimate of drug-likeness (QED) is 0.671. The van der Waals surface area contributed by atoms with E-state index in [2.05, 4.69) is 33.0 Å². The summed E-state index contributed by atoms with van der Waals surface area (Å²) >= 11 is 0. The van der Waals surface area contributed by atoms with Crippen LogP contribution in [0.25, 0.3) is 0 Å². The van der Waals surface area contributed by atoms with Crippen molar-refractivity contribution in [3.8, 4) is 0 Å². The van der Waals surface area contributed by atoms with E-state index in [1.54, 1.807) is 0 Å². The summed E-state index contributed by atoms with van der Waals surface area (Å²) in [6, 6.07) is 0. The zero-order valence-electron chi connectivity index (χ0n) is 10.3. The molecule has 2 saturated heterocycles. The molecule has 15 heavy (non-hydrogen) atoms. The molecule has 1 N–H and O–H groups in total. The highest BCUT2D eigenvalue weighted by Gasteiger charge is 2.53. The van der Waals surface area contributed by atoms with E-state index in [9.17, 15) is 0 Å². The molecular formula is C11H22BNO2. The van der Waals surface area contributed by atoms with Gasteiger partial charge in [0.2, 0.25) is 0 Å². The van der Waals surface area contributed by atoms with Crippen LogP contribution in [0.15, 0.2) is 0 Å². The second-order valence-corrected chi connectivity index (χ2v) is 5.71. The zero-order valence-corrected chi connectivity index (χ0v) is 10.3. The van der Waals surface area contributed by atoms with E-state index in [0.717, 1.165) is 25.9 Å². The van der Waals surface area contributed by atoms with E-state index in [1.807, 2.05) is 0 Å². The van der Waals surface area contributed by atoms with Gasteiger partial charge in [-0.2, -0.15) is 0 Å². The van der Waals surface area contributed by atoms with E-state index in [-0.39, 0.29) is 18.3 Å². The molecule has 0 aliphatic carbocycles. The number of rotatable bonds is 1. The first-order valence-electron chi connectivity index (χ1n) is 5.99. The maximum atomic E-state index is 6.05. The van der Waals surface area contributed by atoms with Crippen LogP contribution in [-0.4, -0.2) is 31.4 Å².